The van der Waals surface area contributed by atoms with Crippen LogP contribution in [0.1, 0.15) is 42.4 Å². The molecule has 1 heterocycles. The minimum absolute atomic E-state index is 0.0414. The molecule has 0 saturated heterocycles. The van der Waals surface area contributed by atoms with Gasteiger partial charge in [-0.1, -0.05) is 20.8 Å². The van der Waals surface area contributed by atoms with Crippen molar-refractivity contribution < 1.29 is 9.18 Å². The van der Waals surface area contributed by atoms with Crippen molar-refractivity contribution in [3.63, 3.8) is 0 Å². The molecule has 1 aromatic heterocycles. The summed E-state index contributed by atoms with van der Waals surface area (Å²) >= 11 is 0. The Morgan fingerprint density at radius 2 is 2.05 bits per heavy atom. The van der Waals surface area contributed by atoms with Crippen molar-refractivity contribution in [1.82, 2.24) is 9.78 Å². The second-order valence-corrected chi connectivity index (χ2v) is 5.91. The number of hydrogen-bond donors (Lipinski definition) is 0. The molecule has 0 aliphatic rings. The van der Waals surface area contributed by atoms with E-state index in [0.717, 1.165) is 6.07 Å². The Balaban J connectivity index is 2.51. The molecule has 4 nitrogen and oxygen atoms in total. The van der Waals surface area contributed by atoms with Crippen LogP contribution in [-0.2, 0) is 0 Å². The van der Waals surface area contributed by atoms with Crippen molar-refractivity contribution in [3.05, 3.63) is 47.0 Å². The third kappa shape index (κ3) is 2.70. The lowest BCUT2D eigenvalue weighted by Crippen LogP contribution is -2.20. The van der Waals surface area contributed by atoms with Gasteiger partial charge in [0.1, 0.15) is 11.5 Å². The van der Waals surface area contributed by atoms with Gasteiger partial charge < -0.3 is 0 Å². The van der Waals surface area contributed by atoms with E-state index in [4.69, 9.17) is 5.26 Å². The number of halogens is 1. The number of nitriles is 1. The summed E-state index contributed by atoms with van der Waals surface area (Å²) in [5, 5.41) is 12.9. The number of carbonyl (C=O) groups is 1. The molecule has 0 radical (unpaired) electrons. The average Bonchev–Trinajstić information content (AvgIpc) is 2.78. The van der Waals surface area contributed by atoms with Gasteiger partial charge in [-0.3, -0.25) is 4.79 Å². The first kappa shape index (κ1) is 14.9. The summed E-state index contributed by atoms with van der Waals surface area (Å²) in [4.78, 5) is 12.3. The zero-order chi connectivity index (χ0) is 15.8. The number of aromatic nitrogens is 2. The summed E-state index contributed by atoms with van der Waals surface area (Å²) in [5.74, 6) is -0.588. The highest BCUT2D eigenvalue weighted by atomic mass is 19.1. The predicted molar refractivity (Wildman–Crippen MR) is 76.8 cm³/mol. The summed E-state index contributed by atoms with van der Waals surface area (Å²) in [7, 11) is 0. The van der Waals surface area contributed by atoms with Gasteiger partial charge in [0, 0.05) is 5.41 Å². The summed E-state index contributed by atoms with van der Waals surface area (Å²) in [6, 6.07) is 6.04. The maximum Gasteiger partial charge on any atom is 0.171 e. The minimum Gasteiger partial charge on any atom is -0.293 e. The Morgan fingerprint density at radius 1 is 1.38 bits per heavy atom. The highest BCUT2D eigenvalue weighted by Gasteiger charge is 2.27. The SMILES string of the molecule is Cc1c(C(=O)C(C)(C)C)cnn1-c1ccc(C#N)cc1F. The van der Waals surface area contributed by atoms with E-state index in [-0.39, 0.29) is 17.0 Å². The first-order valence-corrected chi connectivity index (χ1v) is 6.55. The van der Waals surface area contributed by atoms with E-state index < -0.39 is 11.2 Å². The van der Waals surface area contributed by atoms with Gasteiger partial charge in [0.25, 0.3) is 0 Å². The molecule has 0 aliphatic heterocycles. The summed E-state index contributed by atoms with van der Waals surface area (Å²) < 4.78 is 15.4. The van der Waals surface area contributed by atoms with Gasteiger partial charge in [-0.25, -0.2) is 9.07 Å². The topological polar surface area (TPSA) is 58.7 Å². The van der Waals surface area contributed by atoms with Crippen LogP contribution in [0.2, 0.25) is 0 Å². The zero-order valence-electron chi connectivity index (χ0n) is 12.4. The molecule has 21 heavy (non-hydrogen) atoms. The maximum absolute atomic E-state index is 14.1. The van der Waals surface area contributed by atoms with Gasteiger partial charge in [-0.05, 0) is 25.1 Å². The number of rotatable bonds is 2. The fourth-order valence-electron chi connectivity index (χ4n) is 2.03. The molecule has 0 amide bonds. The molecule has 0 N–H and O–H groups in total. The van der Waals surface area contributed by atoms with Crippen molar-refractivity contribution in [3.8, 4) is 11.8 Å². The molecule has 0 spiro atoms. The van der Waals surface area contributed by atoms with Crippen LogP contribution in [0.4, 0.5) is 4.39 Å². The molecule has 108 valence electrons. The van der Waals surface area contributed by atoms with Crippen LogP contribution in [0.15, 0.2) is 24.4 Å². The molecule has 0 saturated carbocycles. The molecular weight excluding hydrogens is 269 g/mol. The molecular formula is C16H16FN3O. The second-order valence-electron chi connectivity index (χ2n) is 5.91. The van der Waals surface area contributed by atoms with E-state index in [1.54, 1.807) is 6.92 Å². The standard InChI is InChI=1S/C16H16FN3O/c1-10-12(15(21)16(2,3)4)9-19-20(10)14-6-5-11(8-18)7-13(14)17/h5-7,9H,1-4H3. The Hall–Kier alpha value is -2.48. The lowest BCUT2D eigenvalue weighted by molar-refractivity contribution is 0.0857. The van der Waals surface area contributed by atoms with Crippen LogP contribution in [-0.4, -0.2) is 15.6 Å². The van der Waals surface area contributed by atoms with E-state index >= 15 is 0 Å². The number of ketones is 1. The Morgan fingerprint density at radius 3 is 2.57 bits per heavy atom. The largest absolute Gasteiger partial charge is 0.293 e. The van der Waals surface area contributed by atoms with Gasteiger partial charge in [-0.15, -0.1) is 0 Å². The van der Waals surface area contributed by atoms with Crippen molar-refractivity contribution in [2.75, 3.05) is 0 Å². The quantitative estimate of drug-likeness (QED) is 0.794. The van der Waals surface area contributed by atoms with Crippen molar-refractivity contribution >= 4 is 5.78 Å². The lowest BCUT2D eigenvalue weighted by atomic mass is 9.87. The highest BCUT2D eigenvalue weighted by molar-refractivity contribution is 6.00. The predicted octanol–water partition coefficient (Wildman–Crippen LogP) is 3.42. The number of carbonyl (C=O) groups excluding carboxylic acids is 1. The van der Waals surface area contributed by atoms with Gasteiger partial charge in [0.05, 0.1) is 29.1 Å². The Labute approximate surface area is 122 Å². The van der Waals surface area contributed by atoms with Gasteiger partial charge in [-0.2, -0.15) is 10.4 Å². The molecule has 2 rings (SSSR count). The zero-order valence-corrected chi connectivity index (χ0v) is 12.4. The summed E-state index contributed by atoms with van der Waals surface area (Å²) in [6.07, 6.45) is 1.46. The minimum atomic E-state index is -0.546. The molecule has 0 fully saturated rings. The molecule has 5 heteroatoms. The second kappa shape index (κ2) is 5.13. The summed E-state index contributed by atoms with van der Waals surface area (Å²) in [6.45, 7) is 7.21. The molecule has 0 unspecified atom stereocenters. The molecule has 1 aromatic carbocycles. The molecule has 0 aliphatic carbocycles. The fraction of sp³-hybridized carbons (Fsp3) is 0.312. The van der Waals surface area contributed by atoms with Crippen LogP contribution in [0.3, 0.4) is 0 Å². The monoisotopic (exact) mass is 285 g/mol. The fourth-order valence-corrected chi connectivity index (χ4v) is 2.03. The van der Waals surface area contributed by atoms with Crippen LogP contribution in [0.5, 0.6) is 0 Å². The third-order valence-electron chi connectivity index (χ3n) is 3.24. The van der Waals surface area contributed by atoms with Gasteiger partial charge in [0.15, 0.2) is 5.78 Å². The van der Waals surface area contributed by atoms with Crippen LogP contribution < -0.4 is 0 Å². The first-order chi connectivity index (χ1) is 9.75. The smallest absolute Gasteiger partial charge is 0.171 e. The van der Waals surface area contributed by atoms with E-state index in [2.05, 4.69) is 5.10 Å². The third-order valence-corrected chi connectivity index (χ3v) is 3.24. The van der Waals surface area contributed by atoms with E-state index in [1.165, 1.54) is 23.0 Å². The number of benzene rings is 1. The number of Topliss-reactive ketones (excluding diaryl/α,β-unsaturated/α-hetero) is 1. The lowest BCUT2D eigenvalue weighted by Gasteiger charge is -2.16. The Kier molecular flexibility index (Phi) is 3.65. The van der Waals surface area contributed by atoms with Crippen molar-refractivity contribution in [2.24, 2.45) is 5.41 Å². The van der Waals surface area contributed by atoms with Gasteiger partial charge in [0.2, 0.25) is 0 Å². The Bertz CT molecular complexity index is 748. The van der Waals surface area contributed by atoms with Crippen LogP contribution in [0.25, 0.3) is 5.69 Å². The molecule has 0 bridgehead atoms. The first-order valence-electron chi connectivity index (χ1n) is 6.55. The number of nitrogens with zero attached hydrogens (tertiary/aromatic N) is 3. The molecule has 0 atom stereocenters. The van der Waals surface area contributed by atoms with E-state index in [9.17, 15) is 9.18 Å². The van der Waals surface area contributed by atoms with Crippen molar-refractivity contribution in [2.45, 2.75) is 27.7 Å². The van der Waals surface area contributed by atoms with Crippen LogP contribution in [0, 0.1) is 29.5 Å². The van der Waals surface area contributed by atoms with Crippen molar-refractivity contribution in [1.29, 1.82) is 5.26 Å². The average molecular weight is 285 g/mol. The highest BCUT2D eigenvalue weighted by Crippen LogP contribution is 2.25. The number of hydrogen-bond acceptors (Lipinski definition) is 3. The maximum atomic E-state index is 14.1. The molecule has 2 aromatic rings. The van der Waals surface area contributed by atoms with Gasteiger partial charge >= 0.3 is 0 Å². The summed E-state index contributed by atoms with van der Waals surface area (Å²) in [5.41, 5.74) is 0.998. The van der Waals surface area contributed by atoms with E-state index in [0.29, 0.717) is 11.3 Å². The van der Waals surface area contributed by atoms with E-state index in [1.807, 2.05) is 26.8 Å². The normalized spacial score (nSPS) is 11.2. The van der Waals surface area contributed by atoms with Crippen LogP contribution >= 0.6 is 0 Å².